The molecule has 0 radical (unpaired) electrons. The lowest BCUT2D eigenvalue weighted by atomic mass is 10.1. The fourth-order valence-corrected chi connectivity index (χ4v) is 3.67. The topological polar surface area (TPSA) is 99.2 Å². The molecule has 0 saturated heterocycles. The summed E-state index contributed by atoms with van der Waals surface area (Å²) in [6.07, 6.45) is 3.80. The minimum Gasteiger partial charge on any atom is -0.356 e. The summed E-state index contributed by atoms with van der Waals surface area (Å²) in [6, 6.07) is 15.0. The van der Waals surface area contributed by atoms with Crippen LogP contribution in [0, 0.1) is 0 Å². The third-order valence-corrected chi connectivity index (χ3v) is 5.73. The van der Waals surface area contributed by atoms with Gasteiger partial charge in [0.25, 0.3) is 0 Å². The Morgan fingerprint density at radius 1 is 1.03 bits per heavy atom. The van der Waals surface area contributed by atoms with Crippen LogP contribution in [0.25, 0.3) is 11.0 Å². The molecule has 0 bridgehead atoms. The first-order chi connectivity index (χ1) is 14.0. The number of para-hydroxylation sites is 2. The maximum Gasteiger partial charge on any atom is 0.190 e. The molecule has 8 heteroatoms. The van der Waals surface area contributed by atoms with Crippen LogP contribution >= 0.6 is 0 Å². The molecule has 3 rings (SSSR count). The molecule has 0 unspecified atom stereocenters. The largest absolute Gasteiger partial charge is 0.356 e. The van der Waals surface area contributed by atoms with Gasteiger partial charge >= 0.3 is 0 Å². The fourth-order valence-electron chi connectivity index (χ4n) is 3.04. The molecule has 0 saturated carbocycles. The third-order valence-electron chi connectivity index (χ3n) is 4.60. The van der Waals surface area contributed by atoms with E-state index in [2.05, 4.69) is 25.6 Å². The van der Waals surface area contributed by atoms with E-state index in [1.165, 1.54) is 6.26 Å². The van der Waals surface area contributed by atoms with E-state index in [0.717, 1.165) is 54.2 Å². The summed E-state index contributed by atoms with van der Waals surface area (Å²) < 4.78 is 23.0. The average molecular weight is 414 g/mol. The van der Waals surface area contributed by atoms with Gasteiger partial charge in [-0.2, -0.15) is 0 Å². The number of sulfone groups is 1. The van der Waals surface area contributed by atoms with Gasteiger partial charge in [0, 0.05) is 32.8 Å². The predicted molar refractivity (Wildman–Crippen MR) is 117 cm³/mol. The van der Waals surface area contributed by atoms with E-state index in [4.69, 9.17) is 0 Å². The molecule has 154 valence electrons. The van der Waals surface area contributed by atoms with Crippen molar-refractivity contribution in [2.45, 2.75) is 24.2 Å². The number of rotatable bonds is 8. The Balaban J connectivity index is 1.38. The van der Waals surface area contributed by atoms with Crippen molar-refractivity contribution in [3.63, 3.8) is 0 Å². The van der Waals surface area contributed by atoms with Gasteiger partial charge in [-0.1, -0.05) is 24.3 Å². The van der Waals surface area contributed by atoms with Gasteiger partial charge in [-0.25, -0.2) is 13.4 Å². The zero-order valence-corrected chi connectivity index (χ0v) is 17.6. The number of hydrogen-bond donors (Lipinski definition) is 3. The highest BCUT2D eigenvalue weighted by Gasteiger charge is 2.06. The number of hydrogen-bond acceptors (Lipinski definition) is 4. The molecule has 3 N–H and O–H groups in total. The summed E-state index contributed by atoms with van der Waals surface area (Å²) in [7, 11) is -1.40. The van der Waals surface area contributed by atoms with Gasteiger partial charge in [0.2, 0.25) is 0 Å². The minimum absolute atomic E-state index is 0.344. The molecule has 1 heterocycles. The van der Waals surface area contributed by atoms with Crippen molar-refractivity contribution in [3.8, 4) is 0 Å². The van der Waals surface area contributed by atoms with Crippen LogP contribution in [-0.2, 0) is 22.7 Å². The first kappa shape index (κ1) is 20.9. The monoisotopic (exact) mass is 413 g/mol. The molecule has 29 heavy (non-hydrogen) atoms. The Kier molecular flexibility index (Phi) is 6.87. The molecule has 7 nitrogen and oxygen atoms in total. The van der Waals surface area contributed by atoms with Crippen LogP contribution < -0.4 is 10.6 Å². The molecular weight excluding hydrogens is 386 g/mol. The molecule has 0 aliphatic rings. The van der Waals surface area contributed by atoms with Gasteiger partial charge in [0.15, 0.2) is 15.8 Å². The van der Waals surface area contributed by atoms with Gasteiger partial charge in [-0.15, -0.1) is 0 Å². The number of aryl methyl sites for hydroxylation is 1. The van der Waals surface area contributed by atoms with Crippen LogP contribution in [0.1, 0.15) is 17.8 Å². The second-order valence-electron chi connectivity index (χ2n) is 6.90. The highest BCUT2D eigenvalue weighted by Crippen LogP contribution is 2.11. The van der Waals surface area contributed by atoms with Crippen molar-refractivity contribution >= 4 is 26.8 Å². The molecule has 3 aromatic rings. The molecular formula is C21H27N5O2S. The number of aromatic amines is 1. The summed E-state index contributed by atoms with van der Waals surface area (Å²) in [5.41, 5.74) is 3.14. The maximum atomic E-state index is 11.5. The van der Waals surface area contributed by atoms with E-state index < -0.39 is 9.84 Å². The van der Waals surface area contributed by atoms with Gasteiger partial charge in [0.05, 0.1) is 15.9 Å². The van der Waals surface area contributed by atoms with E-state index >= 15 is 0 Å². The summed E-state index contributed by atoms with van der Waals surface area (Å²) in [5, 5.41) is 6.59. The van der Waals surface area contributed by atoms with Crippen molar-refractivity contribution in [2.75, 3.05) is 26.4 Å². The van der Waals surface area contributed by atoms with Crippen LogP contribution in [0.5, 0.6) is 0 Å². The standard InChI is InChI=1S/C21H27N5O2S/c1-22-21(24-15-13-16-9-11-17(12-10-16)29(2,27)28)23-14-5-8-20-25-18-6-3-4-7-19(18)26-20/h3-4,6-7,9-12H,5,8,13-15H2,1-2H3,(H,25,26)(H2,22,23,24). The lowest BCUT2D eigenvalue weighted by molar-refractivity contribution is 0.602. The van der Waals surface area contributed by atoms with Gasteiger partial charge in [0.1, 0.15) is 5.82 Å². The number of aromatic nitrogens is 2. The van der Waals surface area contributed by atoms with Crippen LogP contribution in [0.2, 0.25) is 0 Å². The van der Waals surface area contributed by atoms with Crippen LogP contribution in [0.3, 0.4) is 0 Å². The Hall–Kier alpha value is -2.87. The van der Waals surface area contributed by atoms with E-state index in [0.29, 0.717) is 11.4 Å². The van der Waals surface area contributed by atoms with E-state index in [-0.39, 0.29) is 0 Å². The summed E-state index contributed by atoms with van der Waals surface area (Å²) in [5.74, 6) is 1.75. The molecule has 2 aromatic carbocycles. The highest BCUT2D eigenvalue weighted by atomic mass is 32.2. The van der Waals surface area contributed by atoms with Crippen LogP contribution in [-0.4, -0.2) is 50.7 Å². The molecule has 0 atom stereocenters. The number of H-pyrrole nitrogens is 1. The van der Waals surface area contributed by atoms with E-state index in [1.54, 1.807) is 19.2 Å². The fraction of sp³-hybridized carbons (Fsp3) is 0.333. The Labute approximate surface area is 171 Å². The molecule has 0 aliphatic heterocycles. The molecule has 0 spiro atoms. The molecule has 1 aromatic heterocycles. The second kappa shape index (κ2) is 9.56. The molecule has 0 amide bonds. The van der Waals surface area contributed by atoms with Crippen LogP contribution in [0.4, 0.5) is 0 Å². The van der Waals surface area contributed by atoms with Crippen molar-refractivity contribution in [1.29, 1.82) is 0 Å². The maximum absolute atomic E-state index is 11.5. The van der Waals surface area contributed by atoms with Crippen LogP contribution in [0.15, 0.2) is 58.4 Å². The number of imidazole rings is 1. The summed E-state index contributed by atoms with van der Waals surface area (Å²) in [6.45, 7) is 1.50. The Morgan fingerprint density at radius 3 is 2.45 bits per heavy atom. The zero-order valence-electron chi connectivity index (χ0n) is 16.8. The van der Waals surface area contributed by atoms with Crippen molar-refractivity contribution in [1.82, 2.24) is 20.6 Å². The number of nitrogens with one attached hydrogen (secondary N) is 3. The lowest BCUT2D eigenvalue weighted by Gasteiger charge is -2.11. The normalized spacial score (nSPS) is 12.3. The summed E-state index contributed by atoms with van der Waals surface area (Å²) >= 11 is 0. The quantitative estimate of drug-likeness (QED) is 0.299. The molecule has 0 aliphatic carbocycles. The Morgan fingerprint density at radius 2 is 1.76 bits per heavy atom. The number of aliphatic imine (C=N–C) groups is 1. The predicted octanol–water partition coefficient (Wildman–Crippen LogP) is 2.31. The highest BCUT2D eigenvalue weighted by molar-refractivity contribution is 7.90. The van der Waals surface area contributed by atoms with Gasteiger partial charge < -0.3 is 15.6 Å². The van der Waals surface area contributed by atoms with Gasteiger partial charge in [-0.3, -0.25) is 4.99 Å². The minimum atomic E-state index is -3.15. The second-order valence-corrected chi connectivity index (χ2v) is 8.91. The van der Waals surface area contributed by atoms with E-state index in [1.807, 2.05) is 36.4 Å². The van der Waals surface area contributed by atoms with Crippen molar-refractivity contribution in [3.05, 3.63) is 59.9 Å². The number of fused-ring (bicyclic) bond motifs is 1. The van der Waals surface area contributed by atoms with Crippen molar-refractivity contribution < 1.29 is 8.42 Å². The number of benzene rings is 2. The summed E-state index contributed by atoms with van der Waals surface area (Å²) in [4.78, 5) is 12.5. The first-order valence-corrected chi connectivity index (χ1v) is 11.5. The zero-order chi connectivity index (χ0) is 20.7. The van der Waals surface area contributed by atoms with E-state index in [9.17, 15) is 8.42 Å². The lowest BCUT2D eigenvalue weighted by Crippen LogP contribution is -2.38. The molecule has 0 fully saturated rings. The average Bonchev–Trinajstić information content (AvgIpc) is 3.12. The van der Waals surface area contributed by atoms with Crippen molar-refractivity contribution in [2.24, 2.45) is 4.99 Å². The SMILES string of the molecule is CN=C(NCCCc1nc2ccccc2[nH]1)NCCc1ccc(S(C)(=O)=O)cc1. The smallest absolute Gasteiger partial charge is 0.190 e. The first-order valence-electron chi connectivity index (χ1n) is 9.63. The van der Waals surface area contributed by atoms with Gasteiger partial charge in [-0.05, 0) is 42.7 Å². The Bertz CT molecular complexity index is 1040. The third kappa shape index (κ3) is 6.05. The number of nitrogens with zero attached hydrogens (tertiary/aromatic N) is 2. The number of guanidine groups is 1.